The normalized spacial score (nSPS) is 10.8. The minimum absolute atomic E-state index is 0.00364. The van der Waals surface area contributed by atoms with Crippen molar-refractivity contribution in [3.05, 3.63) is 65.2 Å². The third-order valence-electron chi connectivity index (χ3n) is 4.23. The van der Waals surface area contributed by atoms with E-state index in [0.717, 1.165) is 17.9 Å². The van der Waals surface area contributed by atoms with Gasteiger partial charge in [0.1, 0.15) is 5.75 Å². The molecule has 0 saturated heterocycles. The molecule has 25 heavy (non-hydrogen) atoms. The third-order valence-corrected chi connectivity index (χ3v) is 4.23. The molecule has 2 aromatic carbocycles. The molecule has 1 amide bonds. The van der Waals surface area contributed by atoms with Gasteiger partial charge in [-0.15, -0.1) is 0 Å². The van der Waals surface area contributed by atoms with Gasteiger partial charge in [0, 0.05) is 19.6 Å². The Balaban J connectivity index is 1.99. The van der Waals surface area contributed by atoms with E-state index in [1.165, 1.54) is 11.1 Å². The molecule has 4 heteroatoms. The summed E-state index contributed by atoms with van der Waals surface area (Å²) in [5.74, 6) is 0.743. The third kappa shape index (κ3) is 6.24. The van der Waals surface area contributed by atoms with Crippen molar-refractivity contribution in [2.24, 2.45) is 0 Å². The molecule has 134 valence electrons. The summed E-state index contributed by atoms with van der Waals surface area (Å²) >= 11 is 0. The van der Waals surface area contributed by atoms with Gasteiger partial charge in [0.05, 0.1) is 0 Å². The first-order chi connectivity index (χ1) is 12.0. The molecule has 2 rings (SSSR count). The minimum Gasteiger partial charge on any atom is -0.484 e. The lowest BCUT2D eigenvalue weighted by molar-refractivity contribution is -0.134. The smallest absolute Gasteiger partial charge is 0.260 e. The number of carbonyl (C=O) groups excluding carboxylic acids is 1. The fourth-order valence-corrected chi connectivity index (χ4v) is 2.46. The first-order valence-corrected chi connectivity index (χ1v) is 8.62. The highest BCUT2D eigenvalue weighted by Crippen LogP contribution is 2.16. The van der Waals surface area contributed by atoms with Gasteiger partial charge in [-0.2, -0.15) is 0 Å². The summed E-state index contributed by atoms with van der Waals surface area (Å²) in [6.45, 7) is 6.27. The number of carbonyl (C=O) groups is 1. The van der Waals surface area contributed by atoms with Gasteiger partial charge >= 0.3 is 0 Å². The van der Waals surface area contributed by atoms with E-state index < -0.39 is 0 Å². The monoisotopic (exact) mass is 340 g/mol. The molecule has 0 radical (unpaired) electrons. The summed E-state index contributed by atoms with van der Waals surface area (Å²) in [5.41, 5.74) is 3.51. The number of ether oxygens (including phenoxy) is 1. The highest BCUT2D eigenvalue weighted by molar-refractivity contribution is 5.77. The molecular formula is C21H28N2O2. The quantitative estimate of drug-likeness (QED) is 0.739. The molecule has 0 saturated carbocycles. The Morgan fingerprint density at radius 2 is 1.68 bits per heavy atom. The molecule has 4 nitrogen and oxygen atoms in total. The number of hydrogen-bond donors (Lipinski definition) is 0. The summed E-state index contributed by atoms with van der Waals surface area (Å²) in [6.07, 6.45) is 0. The lowest BCUT2D eigenvalue weighted by atomic mass is 10.1. The van der Waals surface area contributed by atoms with E-state index in [4.69, 9.17) is 4.74 Å². The predicted molar refractivity (Wildman–Crippen MR) is 102 cm³/mol. The van der Waals surface area contributed by atoms with Crippen molar-refractivity contribution in [2.75, 3.05) is 33.8 Å². The van der Waals surface area contributed by atoms with Crippen LogP contribution in [-0.4, -0.2) is 49.5 Å². The number of likely N-dealkylation sites (N-methyl/N-ethyl adjacent to an activating group) is 1. The Bertz CT molecular complexity index is 684. The van der Waals surface area contributed by atoms with E-state index in [1.807, 2.05) is 74.4 Å². The fraction of sp³-hybridized carbons (Fsp3) is 0.381. The summed E-state index contributed by atoms with van der Waals surface area (Å²) in [7, 11) is 4.02. The maximum Gasteiger partial charge on any atom is 0.260 e. The molecule has 0 bridgehead atoms. The van der Waals surface area contributed by atoms with E-state index in [-0.39, 0.29) is 12.5 Å². The maximum absolute atomic E-state index is 12.7. The molecule has 2 aromatic rings. The van der Waals surface area contributed by atoms with Crippen LogP contribution < -0.4 is 4.74 Å². The highest BCUT2D eigenvalue weighted by atomic mass is 16.5. The summed E-state index contributed by atoms with van der Waals surface area (Å²) < 4.78 is 5.72. The zero-order valence-electron chi connectivity index (χ0n) is 15.7. The zero-order chi connectivity index (χ0) is 18.2. The van der Waals surface area contributed by atoms with Crippen molar-refractivity contribution >= 4 is 5.91 Å². The minimum atomic E-state index is 0.00364. The molecule has 0 aromatic heterocycles. The number of aryl methyl sites for hydroxylation is 2. The van der Waals surface area contributed by atoms with E-state index in [2.05, 4.69) is 11.8 Å². The van der Waals surface area contributed by atoms with Gasteiger partial charge in [0.15, 0.2) is 6.61 Å². The Morgan fingerprint density at radius 3 is 2.32 bits per heavy atom. The van der Waals surface area contributed by atoms with Crippen LogP contribution in [0.3, 0.4) is 0 Å². The van der Waals surface area contributed by atoms with E-state index in [9.17, 15) is 4.79 Å². The molecule has 0 aliphatic heterocycles. The number of benzene rings is 2. The van der Waals surface area contributed by atoms with Crippen LogP contribution in [0, 0.1) is 13.8 Å². The average molecular weight is 340 g/mol. The van der Waals surface area contributed by atoms with Gasteiger partial charge in [0.2, 0.25) is 0 Å². The fourth-order valence-electron chi connectivity index (χ4n) is 2.46. The number of hydrogen-bond acceptors (Lipinski definition) is 3. The van der Waals surface area contributed by atoms with Crippen LogP contribution in [0.1, 0.15) is 16.7 Å². The zero-order valence-corrected chi connectivity index (χ0v) is 15.7. The maximum atomic E-state index is 12.7. The second-order valence-electron chi connectivity index (χ2n) is 6.64. The Morgan fingerprint density at radius 1 is 0.960 bits per heavy atom. The lowest BCUT2D eigenvalue weighted by Crippen LogP contribution is -2.38. The van der Waals surface area contributed by atoms with Crippen LogP contribution in [0.25, 0.3) is 0 Å². The Hall–Kier alpha value is -2.33. The molecule has 0 unspecified atom stereocenters. The molecule has 0 N–H and O–H groups in total. The first-order valence-electron chi connectivity index (χ1n) is 8.62. The van der Waals surface area contributed by atoms with Crippen molar-refractivity contribution in [1.29, 1.82) is 0 Å². The average Bonchev–Trinajstić information content (AvgIpc) is 2.60. The van der Waals surface area contributed by atoms with Crippen molar-refractivity contribution in [3.8, 4) is 5.75 Å². The molecule has 0 spiro atoms. The van der Waals surface area contributed by atoms with Crippen molar-refractivity contribution < 1.29 is 9.53 Å². The van der Waals surface area contributed by atoms with E-state index in [1.54, 1.807) is 0 Å². The van der Waals surface area contributed by atoms with Crippen molar-refractivity contribution in [1.82, 2.24) is 9.80 Å². The number of nitrogens with zero attached hydrogens (tertiary/aromatic N) is 2. The lowest BCUT2D eigenvalue weighted by Gasteiger charge is -2.24. The van der Waals surface area contributed by atoms with E-state index in [0.29, 0.717) is 13.1 Å². The molecule has 0 fully saturated rings. The summed E-state index contributed by atoms with van der Waals surface area (Å²) in [4.78, 5) is 16.6. The van der Waals surface area contributed by atoms with Gasteiger partial charge in [-0.1, -0.05) is 36.4 Å². The van der Waals surface area contributed by atoms with Gasteiger partial charge in [-0.3, -0.25) is 4.79 Å². The van der Waals surface area contributed by atoms with Gasteiger partial charge in [-0.25, -0.2) is 0 Å². The first kappa shape index (κ1) is 19.0. The second kappa shape index (κ2) is 9.23. The second-order valence-corrected chi connectivity index (χ2v) is 6.64. The number of rotatable bonds is 8. The molecule has 0 atom stereocenters. The van der Waals surface area contributed by atoms with E-state index >= 15 is 0 Å². The van der Waals surface area contributed by atoms with Crippen LogP contribution in [-0.2, 0) is 11.3 Å². The molecular weight excluding hydrogens is 312 g/mol. The van der Waals surface area contributed by atoms with Gasteiger partial charge < -0.3 is 14.5 Å². The van der Waals surface area contributed by atoms with Crippen LogP contribution in [0.15, 0.2) is 48.5 Å². The topological polar surface area (TPSA) is 32.8 Å². The molecule has 0 heterocycles. The number of amides is 1. The van der Waals surface area contributed by atoms with Gasteiger partial charge in [-0.05, 0) is 56.8 Å². The van der Waals surface area contributed by atoms with Crippen LogP contribution in [0.4, 0.5) is 0 Å². The summed E-state index contributed by atoms with van der Waals surface area (Å²) in [6, 6.07) is 16.0. The van der Waals surface area contributed by atoms with Crippen LogP contribution in [0.2, 0.25) is 0 Å². The predicted octanol–water partition coefficient (Wildman–Crippen LogP) is 3.27. The summed E-state index contributed by atoms with van der Waals surface area (Å²) in [5, 5.41) is 0. The van der Waals surface area contributed by atoms with Crippen LogP contribution in [0.5, 0.6) is 5.75 Å². The largest absolute Gasteiger partial charge is 0.484 e. The van der Waals surface area contributed by atoms with Gasteiger partial charge in [0.25, 0.3) is 5.91 Å². The highest BCUT2D eigenvalue weighted by Gasteiger charge is 2.15. The SMILES string of the molecule is Cc1ccc(OCC(=O)N(CCN(C)C)Cc2ccccc2)cc1C. The van der Waals surface area contributed by atoms with Crippen molar-refractivity contribution in [3.63, 3.8) is 0 Å². The van der Waals surface area contributed by atoms with Crippen molar-refractivity contribution in [2.45, 2.75) is 20.4 Å². The Labute approximate surface area is 151 Å². The van der Waals surface area contributed by atoms with Crippen LogP contribution >= 0.6 is 0 Å². The standard InChI is InChI=1S/C21H28N2O2/c1-17-10-11-20(14-18(17)2)25-16-21(24)23(13-12-22(3)4)15-19-8-6-5-7-9-19/h5-11,14H,12-13,15-16H2,1-4H3. The molecule has 0 aliphatic carbocycles. The Kier molecular flexibility index (Phi) is 7.02. The molecule has 0 aliphatic rings.